The Hall–Kier alpha value is -2.12. The van der Waals surface area contributed by atoms with E-state index in [-0.39, 0.29) is 29.1 Å². The van der Waals surface area contributed by atoms with Crippen molar-refractivity contribution in [2.24, 2.45) is 50.2 Å². The maximum atomic E-state index is 14.0. The molecule has 0 aromatic carbocycles. The number of aliphatic hydroxyl groups is 12. The third kappa shape index (κ3) is 8.82. The van der Waals surface area contributed by atoms with Crippen molar-refractivity contribution in [3.63, 3.8) is 0 Å². The first-order valence-electron chi connectivity index (χ1n) is 27.8. The fourth-order valence-electron chi connectivity index (χ4n) is 16.9. The average molecular weight is 1120 g/mol. The number of esters is 2. The molecule has 5 saturated heterocycles. The van der Waals surface area contributed by atoms with Gasteiger partial charge in [0.05, 0.1) is 45.2 Å². The Balaban J connectivity index is 0.913. The van der Waals surface area contributed by atoms with Gasteiger partial charge >= 0.3 is 11.9 Å². The van der Waals surface area contributed by atoms with Crippen LogP contribution in [-0.2, 0) is 57.0 Å². The highest BCUT2D eigenvalue weighted by Crippen LogP contribution is 2.77. The number of ether oxygens (including phenoxy) is 10. The summed E-state index contributed by atoms with van der Waals surface area (Å²) in [6.07, 6.45) is -26.9. The van der Waals surface area contributed by atoms with Crippen molar-refractivity contribution in [3.8, 4) is 0 Å². The van der Waals surface area contributed by atoms with Crippen molar-refractivity contribution in [1.29, 1.82) is 0 Å². The molecule has 0 radical (unpaired) electrons. The average Bonchev–Trinajstić information content (AvgIpc) is 3.59. The molecule has 5 aliphatic heterocycles. The first-order valence-corrected chi connectivity index (χ1v) is 27.8. The lowest BCUT2D eigenvalue weighted by atomic mass is 9.33. The van der Waals surface area contributed by atoms with Crippen molar-refractivity contribution >= 4 is 11.9 Å². The number of methoxy groups -OCH3 is 1. The molecule has 12 N–H and O–H groups in total. The lowest BCUT2D eigenvalue weighted by molar-refractivity contribution is -0.385. The van der Waals surface area contributed by atoms with E-state index >= 15 is 0 Å². The van der Waals surface area contributed by atoms with Gasteiger partial charge in [-0.05, 0) is 92.3 Å². The normalized spacial score (nSPS) is 55.6. The second-order valence-electron chi connectivity index (χ2n) is 26.0. The molecule has 4 saturated carbocycles. The Kier molecular flexibility index (Phi) is 15.8. The van der Waals surface area contributed by atoms with Crippen LogP contribution in [-0.4, -0.2) is 235 Å². The van der Waals surface area contributed by atoms with Crippen LogP contribution in [0.15, 0.2) is 11.6 Å². The number of rotatable bonds is 11. The molecule has 24 heteroatoms. The van der Waals surface area contributed by atoms with Crippen LogP contribution in [0.2, 0.25) is 0 Å². The van der Waals surface area contributed by atoms with Crippen LogP contribution in [0.25, 0.3) is 0 Å². The summed E-state index contributed by atoms with van der Waals surface area (Å²) in [5, 5.41) is 131. The van der Waals surface area contributed by atoms with E-state index in [1.165, 1.54) is 14.0 Å². The van der Waals surface area contributed by atoms with Crippen LogP contribution in [0.3, 0.4) is 0 Å². The molecule has 78 heavy (non-hydrogen) atoms. The predicted octanol–water partition coefficient (Wildman–Crippen LogP) is -2.23. The maximum Gasteiger partial charge on any atom is 0.315 e. The fourth-order valence-corrected chi connectivity index (χ4v) is 16.9. The third-order valence-electron chi connectivity index (χ3n) is 21.8. The molecule has 5 aliphatic carbocycles. The van der Waals surface area contributed by atoms with Crippen LogP contribution < -0.4 is 0 Å². The summed E-state index contributed by atoms with van der Waals surface area (Å²) in [5.74, 6) is -1.25. The molecule has 24 nitrogen and oxygen atoms in total. The number of fused-ring (bicyclic) bond motifs is 7. The van der Waals surface area contributed by atoms with E-state index in [1.807, 2.05) is 0 Å². The summed E-state index contributed by atoms with van der Waals surface area (Å²) in [5.41, 5.74) is -3.06. The van der Waals surface area contributed by atoms with Gasteiger partial charge in [-0.1, -0.05) is 46.3 Å². The number of carbonyl (C=O) groups is 2. The molecular formula is C54H84O24. The van der Waals surface area contributed by atoms with Gasteiger partial charge in [0.15, 0.2) is 25.2 Å². The fraction of sp³-hybridized carbons (Fsp3) is 0.926. The molecule has 1 spiro atoms. The molecule has 2 bridgehead atoms. The predicted molar refractivity (Wildman–Crippen MR) is 261 cm³/mol. The number of hydrogen-bond acceptors (Lipinski definition) is 24. The van der Waals surface area contributed by atoms with Gasteiger partial charge in [-0.25, -0.2) is 0 Å². The van der Waals surface area contributed by atoms with E-state index in [4.69, 9.17) is 47.4 Å². The zero-order valence-electron chi connectivity index (χ0n) is 45.6. The highest BCUT2D eigenvalue weighted by Gasteiger charge is 2.76. The Morgan fingerprint density at radius 2 is 1.32 bits per heavy atom. The molecular weight excluding hydrogens is 1030 g/mol. The summed E-state index contributed by atoms with van der Waals surface area (Å²) in [6, 6.07) is 0. The summed E-state index contributed by atoms with van der Waals surface area (Å²) >= 11 is 0. The molecule has 9 fully saturated rings. The molecule has 30 atom stereocenters. The Morgan fingerprint density at radius 1 is 0.679 bits per heavy atom. The molecule has 0 aromatic heterocycles. The molecule has 0 amide bonds. The summed E-state index contributed by atoms with van der Waals surface area (Å²) in [7, 11) is 1.34. The number of carbonyl (C=O) groups excluding carboxylic acids is 2. The second-order valence-corrected chi connectivity index (χ2v) is 26.0. The lowest BCUT2D eigenvalue weighted by Gasteiger charge is -2.71. The van der Waals surface area contributed by atoms with Crippen molar-refractivity contribution < 1.29 is 118 Å². The van der Waals surface area contributed by atoms with E-state index in [2.05, 4.69) is 40.7 Å². The highest BCUT2D eigenvalue weighted by atomic mass is 16.8. The Labute approximate surface area is 452 Å². The van der Waals surface area contributed by atoms with Gasteiger partial charge in [0, 0.05) is 12.3 Å². The minimum atomic E-state index is -1.90. The second kappa shape index (κ2) is 20.9. The van der Waals surface area contributed by atoms with Crippen molar-refractivity contribution in [2.75, 3.05) is 26.9 Å². The van der Waals surface area contributed by atoms with Crippen LogP contribution in [0.4, 0.5) is 0 Å². The molecule has 10 aliphatic rings. The molecule has 0 aromatic rings. The monoisotopic (exact) mass is 1120 g/mol. The smallest absolute Gasteiger partial charge is 0.315 e. The van der Waals surface area contributed by atoms with E-state index in [9.17, 15) is 70.9 Å². The van der Waals surface area contributed by atoms with Crippen LogP contribution >= 0.6 is 0 Å². The first kappa shape index (κ1) is 59.1. The largest absolute Gasteiger partial charge is 0.468 e. The van der Waals surface area contributed by atoms with Crippen molar-refractivity contribution in [3.05, 3.63) is 11.6 Å². The highest BCUT2D eigenvalue weighted by molar-refractivity contribution is 5.86. The lowest BCUT2D eigenvalue weighted by Crippen LogP contribution is -2.68. The van der Waals surface area contributed by atoms with Gasteiger partial charge in [-0.15, -0.1) is 0 Å². The van der Waals surface area contributed by atoms with E-state index in [0.29, 0.717) is 32.1 Å². The number of hydrogen-bond donors (Lipinski definition) is 12. The number of allylic oxidation sites excluding steroid dienone is 2. The quantitative estimate of drug-likeness (QED) is 0.0592. The van der Waals surface area contributed by atoms with Crippen molar-refractivity contribution in [2.45, 2.75) is 235 Å². The third-order valence-corrected chi connectivity index (χ3v) is 21.8. The summed E-state index contributed by atoms with van der Waals surface area (Å²) in [6.45, 7) is 12.5. The zero-order valence-corrected chi connectivity index (χ0v) is 45.6. The molecule has 444 valence electrons. The van der Waals surface area contributed by atoms with Crippen LogP contribution in [0, 0.1) is 50.2 Å². The van der Waals surface area contributed by atoms with Gasteiger partial charge < -0.3 is 109 Å². The SMILES string of the molecule is COC(=O)[C@]1(C)C[C@H]2C3=CCC4[C@@]5(C)CC[C@H](O[C@@H]6O[C@H](CO[C@@H]7O[C@H](C)[C@H](O)[C@H](O)[C@H]7O[C@@H]7OC[C@@H](O)[C@H](O)[C@H]7O)[C@@H](O)[C@H](O)[C@H]6O[C@@H]6O[C@H](CO)[C@@H](O)[C@H](O)[C@H]6O)C(C)(C)C5CC[C@@]4(C)[C@]3(C)C[C@@H](O)[C@@]23C[C@@H]1OC3=O. The summed E-state index contributed by atoms with van der Waals surface area (Å²) < 4.78 is 59.8. The van der Waals surface area contributed by atoms with Gasteiger partial charge in [-0.3, -0.25) is 9.59 Å². The molecule has 5 heterocycles. The van der Waals surface area contributed by atoms with E-state index < -0.39 is 194 Å². The van der Waals surface area contributed by atoms with Crippen LogP contribution in [0.1, 0.15) is 99.8 Å². The maximum absolute atomic E-state index is 14.0. The summed E-state index contributed by atoms with van der Waals surface area (Å²) in [4.78, 5) is 27.5. The topological polar surface area (TPSA) is 369 Å². The molecule has 2 unspecified atom stereocenters. The van der Waals surface area contributed by atoms with Gasteiger partial charge in [0.25, 0.3) is 0 Å². The zero-order chi connectivity index (χ0) is 56.7. The minimum Gasteiger partial charge on any atom is -0.468 e. The van der Waals surface area contributed by atoms with Gasteiger partial charge in [-0.2, -0.15) is 0 Å². The van der Waals surface area contributed by atoms with E-state index in [1.54, 1.807) is 6.92 Å². The first-order chi connectivity index (χ1) is 36.5. The minimum absolute atomic E-state index is 0.00587. The Morgan fingerprint density at radius 3 is 2.01 bits per heavy atom. The van der Waals surface area contributed by atoms with Gasteiger partial charge in [0.2, 0.25) is 0 Å². The number of aliphatic hydroxyl groups excluding tert-OH is 12. The molecule has 10 rings (SSSR count). The van der Waals surface area contributed by atoms with Crippen molar-refractivity contribution in [1.82, 2.24) is 0 Å². The van der Waals surface area contributed by atoms with E-state index in [0.717, 1.165) is 18.4 Å². The Bertz CT molecular complexity index is 2250. The van der Waals surface area contributed by atoms with Gasteiger partial charge in [0.1, 0.15) is 102 Å². The van der Waals surface area contributed by atoms with Crippen LogP contribution in [0.5, 0.6) is 0 Å². The standard InChI is InChI=1S/C54H84O24/c1-21-32(58)37(63)41(77-43-39(65)33(59)24(56)19-70-43)45(72-21)71-20-26-35(61)38(64)42(78-44-40(66)36(62)34(60)25(18-55)73-44)46(74-26)75-30-12-13-50(4)27(49(30,2)3)11-14-52(6)28(50)10-9-22-23-15-51(5,47(67)69-8)31-17-54(23,48(68)76-31)29(57)16-53(22,52)7/h9,21,23-46,55-66H,10-20H2,1-8H3/t21-,23+,24-,25-,26-,27?,28?,29-,30+,31+,32+,33+,34-,35-,36+,37+,38+,39-,40-,41-,42-,43+,44+,45-,46+,50+,51-,52-,53-,54-/m1/s1.